The molecule has 0 saturated carbocycles. The molecule has 0 aliphatic heterocycles. The Labute approximate surface area is 171 Å². The van der Waals surface area contributed by atoms with E-state index in [9.17, 15) is 4.79 Å². The van der Waals surface area contributed by atoms with Crippen molar-refractivity contribution in [3.05, 3.63) is 77.8 Å². The summed E-state index contributed by atoms with van der Waals surface area (Å²) in [6.07, 6.45) is 0. The monoisotopic (exact) mass is 409 g/mol. The van der Waals surface area contributed by atoms with Crippen molar-refractivity contribution < 1.29 is 9.53 Å². The number of rotatable bonds is 6. The van der Waals surface area contributed by atoms with Gasteiger partial charge in [0, 0.05) is 10.7 Å². The molecule has 0 aliphatic carbocycles. The quantitative estimate of drug-likeness (QED) is 0.398. The first-order valence-electron chi connectivity index (χ1n) is 8.57. The zero-order chi connectivity index (χ0) is 19.3. The molecule has 2 N–H and O–H groups in total. The fourth-order valence-corrected chi connectivity index (χ4v) is 3.45. The molecule has 0 radical (unpaired) electrons. The Morgan fingerprint density at radius 1 is 1.04 bits per heavy atom. The molecule has 3 aromatic carbocycles. The van der Waals surface area contributed by atoms with Crippen molar-refractivity contribution in [1.29, 1.82) is 0 Å². The Hall–Kier alpha value is -2.96. The molecule has 0 aliphatic rings. The molecule has 0 atom stereocenters. The smallest absolute Gasteiger partial charge is 0.234 e. The lowest BCUT2D eigenvalue weighted by Crippen LogP contribution is -2.13. The third-order valence-corrected chi connectivity index (χ3v) is 4.99. The van der Waals surface area contributed by atoms with Crippen molar-refractivity contribution in [2.45, 2.75) is 5.16 Å². The van der Waals surface area contributed by atoms with Crippen LogP contribution in [-0.4, -0.2) is 21.6 Å². The normalized spacial score (nSPS) is 10.8. The van der Waals surface area contributed by atoms with Gasteiger partial charge in [-0.1, -0.05) is 41.6 Å². The average molecular weight is 410 g/mol. The van der Waals surface area contributed by atoms with Gasteiger partial charge < -0.3 is 15.0 Å². The summed E-state index contributed by atoms with van der Waals surface area (Å²) in [6, 6.07) is 22.2. The van der Waals surface area contributed by atoms with Crippen LogP contribution in [0.25, 0.3) is 11.0 Å². The number of nitrogens with zero attached hydrogens (tertiary/aromatic N) is 1. The lowest BCUT2D eigenvalue weighted by Gasteiger charge is -2.07. The summed E-state index contributed by atoms with van der Waals surface area (Å²) in [5.74, 6) is 1.61. The van der Waals surface area contributed by atoms with Gasteiger partial charge in [0.05, 0.1) is 16.8 Å². The Morgan fingerprint density at radius 3 is 2.57 bits per heavy atom. The van der Waals surface area contributed by atoms with Gasteiger partial charge in [0.25, 0.3) is 0 Å². The Morgan fingerprint density at radius 2 is 1.79 bits per heavy atom. The first-order chi connectivity index (χ1) is 13.7. The van der Waals surface area contributed by atoms with Crippen LogP contribution in [0.1, 0.15) is 0 Å². The molecule has 4 rings (SSSR count). The van der Waals surface area contributed by atoms with Gasteiger partial charge in [0.1, 0.15) is 11.5 Å². The molecule has 1 heterocycles. The molecular weight excluding hydrogens is 394 g/mol. The number of aromatic nitrogens is 2. The maximum atomic E-state index is 12.2. The molecule has 1 aromatic heterocycles. The fraction of sp³-hybridized carbons (Fsp3) is 0.0476. The number of thioether (sulfide) groups is 1. The van der Waals surface area contributed by atoms with Gasteiger partial charge in [0.15, 0.2) is 5.16 Å². The molecule has 0 saturated heterocycles. The predicted octanol–water partition coefficient (Wildman–Crippen LogP) is 5.74. The number of hydrogen-bond donors (Lipinski definition) is 2. The van der Waals surface area contributed by atoms with Gasteiger partial charge in [0.2, 0.25) is 5.91 Å². The van der Waals surface area contributed by atoms with Gasteiger partial charge >= 0.3 is 0 Å². The number of carbonyl (C=O) groups is 1. The van der Waals surface area contributed by atoms with Crippen molar-refractivity contribution in [3.63, 3.8) is 0 Å². The Balaban J connectivity index is 1.31. The van der Waals surface area contributed by atoms with E-state index >= 15 is 0 Å². The van der Waals surface area contributed by atoms with E-state index in [4.69, 9.17) is 16.3 Å². The molecule has 140 valence electrons. The lowest BCUT2D eigenvalue weighted by atomic mass is 10.3. The minimum absolute atomic E-state index is 0.111. The second-order valence-electron chi connectivity index (χ2n) is 5.98. The highest BCUT2D eigenvalue weighted by Gasteiger charge is 2.08. The van der Waals surface area contributed by atoms with E-state index in [1.807, 2.05) is 66.7 Å². The summed E-state index contributed by atoms with van der Waals surface area (Å²) in [4.78, 5) is 19.8. The summed E-state index contributed by atoms with van der Waals surface area (Å²) < 4.78 is 5.74. The summed E-state index contributed by atoms with van der Waals surface area (Å²) in [6.45, 7) is 0. The molecule has 5 nitrogen and oxygen atoms in total. The number of hydrogen-bond acceptors (Lipinski definition) is 4. The Bertz CT molecular complexity index is 1100. The topological polar surface area (TPSA) is 67.0 Å². The van der Waals surface area contributed by atoms with E-state index in [2.05, 4.69) is 15.3 Å². The number of nitrogens with one attached hydrogen (secondary N) is 2. The van der Waals surface area contributed by atoms with Crippen molar-refractivity contribution >= 4 is 46.0 Å². The number of para-hydroxylation sites is 1. The van der Waals surface area contributed by atoms with Crippen LogP contribution < -0.4 is 10.1 Å². The van der Waals surface area contributed by atoms with Crippen LogP contribution in [0.15, 0.2) is 78.0 Å². The van der Waals surface area contributed by atoms with E-state index in [1.54, 1.807) is 6.07 Å². The predicted molar refractivity (Wildman–Crippen MR) is 113 cm³/mol. The number of halogens is 1. The number of fused-ring (bicyclic) bond motifs is 1. The minimum Gasteiger partial charge on any atom is -0.457 e. The van der Waals surface area contributed by atoms with Crippen LogP contribution in [0, 0.1) is 0 Å². The maximum Gasteiger partial charge on any atom is 0.234 e. The summed E-state index contributed by atoms with van der Waals surface area (Å²) >= 11 is 7.31. The van der Waals surface area contributed by atoms with E-state index in [0.29, 0.717) is 21.6 Å². The first-order valence-corrected chi connectivity index (χ1v) is 9.93. The van der Waals surface area contributed by atoms with Crippen LogP contribution in [0.4, 0.5) is 5.69 Å². The third-order valence-electron chi connectivity index (χ3n) is 3.88. The van der Waals surface area contributed by atoms with Crippen molar-refractivity contribution in [1.82, 2.24) is 9.97 Å². The zero-order valence-corrected chi connectivity index (χ0v) is 16.3. The largest absolute Gasteiger partial charge is 0.457 e. The van der Waals surface area contributed by atoms with Gasteiger partial charge in [-0.2, -0.15) is 0 Å². The number of carbonyl (C=O) groups excluding carboxylic acids is 1. The number of benzene rings is 3. The molecule has 7 heteroatoms. The molecule has 4 aromatic rings. The standard InChI is InChI=1S/C21H16ClN3O2S/c22-14-6-11-18-19(12-14)25-21(24-18)28-13-20(26)23-15-7-9-17(10-8-15)27-16-4-2-1-3-5-16/h1-12H,13H2,(H,23,26)(H,24,25). The second-order valence-corrected chi connectivity index (χ2v) is 7.38. The number of anilines is 1. The van der Waals surface area contributed by atoms with Gasteiger partial charge in [-0.25, -0.2) is 4.98 Å². The molecular formula is C21H16ClN3O2S. The van der Waals surface area contributed by atoms with Gasteiger partial charge in [-0.15, -0.1) is 0 Å². The molecule has 0 bridgehead atoms. The third kappa shape index (κ3) is 4.65. The van der Waals surface area contributed by atoms with Gasteiger partial charge in [-0.05, 0) is 54.6 Å². The van der Waals surface area contributed by atoms with Crippen molar-refractivity contribution in [3.8, 4) is 11.5 Å². The molecule has 28 heavy (non-hydrogen) atoms. The summed E-state index contributed by atoms with van der Waals surface area (Å²) in [5, 5.41) is 4.19. The fourth-order valence-electron chi connectivity index (χ4n) is 2.59. The van der Waals surface area contributed by atoms with Crippen molar-refractivity contribution in [2.24, 2.45) is 0 Å². The Kier molecular flexibility index (Phi) is 5.50. The van der Waals surface area contributed by atoms with Crippen LogP contribution >= 0.6 is 23.4 Å². The van der Waals surface area contributed by atoms with Crippen molar-refractivity contribution in [2.75, 3.05) is 11.1 Å². The van der Waals surface area contributed by atoms with E-state index in [1.165, 1.54) is 11.8 Å². The highest BCUT2D eigenvalue weighted by Crippen LogP contribution is 2.24. The number of H-pyrrole nitrogens is 1. The average Bonchev–Trinajstić information content (AvgIpc) is 3.11. The van der Waals surface area contributed by atoms with Crippen LogP contribution in [0.2, 0.25) is 5.02 Å². The molecule has 1 amide bonds. The van der Waals surface area contributed by atoms with E-state index in [-0.39, 0.29) is 11.7 Å². The highest BCUT2D eigenvalue weighted by atomic mass is 35.5. The SMILES string of the molecule is O=C(CSc1nc2ccc(Cl)cc2[nH]1)Nc1ccc(Oc2ccccc2)cc1. The second kappa shape index (κ2) is 8.37. The van der Waals surface area contributed by atoms with Crippen LogP contribution in [0.5, 0.6) is 11.5 Å². The number of aromatic amines is 1. The number of imidazole rings is 1. The van der Waals surface area contributed by atoms with Gasteiger partial charge in [-0.3, -0.25) is 4.79 Å². The minimum atomic E-state index is -0.111. The highest BCUT2D eigenvalue weighted by molar-refractivity contribution is 7.99. The molecule has 0 unspecified atom stereocenters. The number of amides is 1. The van der Waals surface area contributed by atoms with E-state index in [0.717, 1.165) is 16.8 Å². The van der Waals surface area contributed by atoms with Crippen LogP contribution in [0.3, 0.4) is 0 Å². The first kappa shape index (κ1) is 18.4. The summed E-state index contributed by atoms with van der Waals surface area (Å²) in [7, 11) is 0. The number of ether oxygens (including phenoxy) is 1. The molecule has 0 spiro atoms. The van der Waals surface area contributed by atoms with E-state index < -0.39 is 0 Å². The maximum absolute atomic E-state index is 12.2. The summed E-state index contributed by atoms with van der Waals surface area (Å²) in [5.41, 5.74) is 2.38. The lowest BCUT2D eigenvalue weighted by molar-refractivity contribution is -0.113. The molecule has 0 fully saturated rings. The van der Waals surface area contributed by atoms with Crippen LogP contribution in [-0.2, 0) is 4.79 Å². The zero-order valence-electron chi connectivity index (χ0n) is 14.7.